The van der Waals surface area contributed by atoms with E-state index in [0.29, 0.717) is 12.6 Å². The van der Waals surface area contributed by atoms with E-state index in [1.54, 1.807) is 6.92 Å². The minimum absolute atomic E-state index is 0.368. The third kappa shape index (κ3) is 5.43. The van der Waals surface area contributed by atoms with Crippen LogP contribution in [0.3, 0.4) is 0 Å². The lowest BCUT2D eigenvalue weighted by Gasteiger charge is -2.25. The predicted octanol–water partition coefficient (Wildman–Crippen LogP) is 2.46. The highest BCUT2D eigenvalue weighted by Crippen LogP contribution is 2.38. The van der Waals surface area contributed by atoms with Crippen LogP contribution in [0.4, 0.5) is 26.3 Å². The molecule has 0 aromatic carbocycles. The van der Waals surface area contributed by atoms with Crippen molar-refractivity contribution >= 4 is 0 Å². The van der Waals surface area contributed by atoms with E-state index in [9.17, 15) is 26.3 Å². The van der Waals surface area contributed by atoms with Gasteiger partial charge >= 0.3 is 12.4 Å². The monoisotopic (exact) mass is 278 g/mol. The number of alkyl halides is 6. The van der Waals surface area contributed by atoms with Crippen LogP contribution in [0.2, 0.25) is 0 Å². The molecule has 0 aromatic rings. The normalized spacial score (nSPS) is 19.3. The molecule has 1 saturated carbocycles. The van der Waals surface area contributed by atoms with Crippen molar-refractivity contribution in [1.82, 2.24) is 10.6 Å². The first-order valence-corrected chi connectivity index (χ1v) is 5.71. The minimum Gasteiger partial charge on any atom is -0.312 e. The van der Waals surface area contributed by atoms with Crippen LogP contribution < -0.4 is 10.6 Å². The molecule has 2 nitrogen and oxygen atoms in total. The Labute approximate surface area is 101 Å². The molecule has 2 N–H and O–H groups in total. The maximum absolute atomic E-state index is 12.2. The van der Waals surface area contributed by atoms with Gasteiger partial charge in [-0.15, -0.1) is 0 Å². The van der Waals surface area contributed by atoms with Gasteiger partial charge < -0.3 is 10.6 Å². The van der Waals surface area contributed by atoms with Crippen molar-refractivity contribution in [3.8, 4) is 0 Å². The van der Waals surface area contributed by atoms with E-state index >= 15 is 0 Å². The highest BCUT2D eigenvalue weighted by atomic mass is 19.4. The average Bonchev–Trinajstić information content (AvgIpc) is 2.93. The van der Waals surface area contributed by atoms with Gasteiger partial charge in [0, 0.05) is 25.2 Å². The van der Waals surface area contributed by atoms with Crippen molar-refractivity contribution in [3.05, 3.63) is 0 Å². The quantitative estimate of drug-likeness (QED) is 0.729. The van der Waals surface area contributed by atoms with E-state index in [1.807, 2.05) is 0 Å². The Morgan fingerprint density at radius 1 is 1.00 bits per heavy atom. The van der Waals surface area contributed by atoms with Crippen molar-refractivity contribution in [2.45, 2.75) is 44.2 Å². The fourth-order valence-electron chi connectivity index (χ4n) is 1.44. The van der Waals surface area contributed by atoms with Crippen molar-refractivity contribution < 1.29 is 26.3 Å². The van der Waals surface area contributed by atoms with Gasteiger partial charge in [-0.2, -0.15) is 26.3 Å². The number of nitrogens with one attached hydrogen (secondary N) is 2. The van der Waals surface area contributed by atoms with Gasteiger partial charge in [-0.3, -0.25) is 0 Å². The fourth-order valence-corrected chi connectivity index (χ4v) is 1.44. The Balaban J connectivity index is 2.36. The summed E-state index contributed by atoms with van der Waals surface area (Å²) >= 11 is 0. The van der Waals surface area contributed by atoms with Gasteiger partial charge in [0.2, 0.25) is 0 Å². The van der Waals surface area contributed by atoms with Crippen LogP contribution >= 0.6 is 0 Å². The second-order valence-corrected chi connectivity index (χ2v) is 4.63. The van der Waals surface area contributed by atoms with Crippen LogP contribution in [0.25, 0.3) is 0 Å². The smallest absolute Gasteiger partial charge is 0.312 e. The Kier molecular flexibility index (Phi) is 4.88. The number of rotatable bonds is 6. The SMILES string of the molecule is CC(CNC1CC1)NCC(C(F)(F)F)C(F)(F)F. The molecule has 1 atom stereocenters. The van der Waals surface area contributed by atoms with E-state index in [-0.39, 0.29) is 0 Å². The van der Waals surface area contributed by atoms with Gasteiger partial charge in [0.05, 0.1) is 0 Å². The third-order valence-corrected chi connectivity index (χ3v) is 2.75. The van der Waals surface area contributed by atoms with Crippen LogP contribution in [0.5, 0.6) is 0 Å². The van der Waals surface area contributed by atoms with Crippen molar-refractivity contribution in [2.24, 2.45) is 5.92 Å². The van der Waals surface area contributed by atoms with E-state index in [4.69, 9.17) is 0 Å². The van der Waals surface area contributed by atoms with E-state index in [0.717, 1.165) is 12.8 Å². The van der Waals surface area contributed by atoms with Gasteiger partial charge in [0.15, 0.2) is 5.92 Å². The maximum Gasteiger partial charge on any atom is 0.401 e. The molecule has 0 radical (unpaired) electrons. The average molecular weight is 278 g/mol. The summed E-state index contributed by atoms with van der Waals surface area (Å²) in [6, 6.07) is -0.0620. The maximum atomic E-state index is 12.2. The molecule has 0 amide bonds. The van der Waals surface area contributed by atoms with Gasteiger partial charge in [0.1, 0.15) is 0 Å². The summed E-state index contributed by atoms with van der Waals surface area (Å²) < 4.78 is 73.3. The first-order chi connectivity index (χ1) is 8.10. The van der Waals surface area contributed by atoms with Crippen molar-refractivity contribution in [2.75, 3.05) is 13.1 Å². The summed E-state index contributed by atoms with van der Waals surface area (Å²) in [4.78, 5) is 0. The number of hydrogen-bond donors (Lipinski definition) is 2. The zero-order valence-electron chi connectivity index (χ0n) is 9.83. The highest BCUT2D eigenvalue weighted by molar-refractivity contribution is 4.83. The van der Waals surface area contributed by atoms with Crippen LogP contribution in [0.1, 0.15) is 19.8 Å². The zero-order valence-corrected chi connectivity index (χ0v) is 9.83. The van der Waals surface area contributed by atoms with Crippen LogP contribution in [-0.4, -0.2) is 37.5 Å². The molecule has 0 aromatic heterocycles. The molecule has 1 unspecified atom stereocenters. The fraction of sp³-hybridized carbons (Fsp3) is 1.00. The first kappa shape index (κ1) is 15.6. The summed E-state index contributed by atoms with van der Waals surface area (Å²) in [5.41, 5.74) is 0. The van der Waals surface area contributed by atoms with Crippen LogP contribution in [-0.2, 0) is 0 Å². The molecule has 0 spiro atoms. The molecule has 1 rings (SSSR count). The lowest BCUT2D eigenvalue weighted by molar-refractivity contribution is -0.282. The topological polar surface area (TPSA) is 24.1 Å². The molecular weight excluding hydrogens is 262 g/mol. The lowest BCUT2D eigenvalue weighted by atomic mass is 10.1. The second kappa shape index (κ2) is 5.64. The Bertz CT molecular complexity index is 244. The van der Waals surface area contributed by atoms with Crippen molar-refractivity contribution in [3.63, 3.8) is 0 Å². The molecule has 8 heteroatoms. The zero-order chi connectivity index (χ0) is 14.0. The molecule has 1 aliphatic carbocycles. The van der Waals surface area contributed by atoms with E-state index in [2.05, 4.69) is 10.6 Å². The summed E-state index contributed by atoms with van der Waals surface area (Å²) in [5.74, 6) is -3.31. The molecule has 0 heterocycles. The standard InChI is InChI=1S/C10H16F6N2/c1-6(4-18-7-2-3-7)17-5-8(9(11,12)13)10(14,15)16/h6-8,17-18H,2-5H2,1H3. The lowest BCUT2D eigenvalue weighted by Crippen LogP contribution is -2.47. The molecule has 18 heavy (non-hydrogen) atoms. The van der Waals surface area contributed by atoms with Crippen molar-refractivity contribution in [1.29, 1.82) is 0 Å². The van der Waals surface area contributed by atoms with Gasteiger partial charge in [0.25, 0.3) is 0 Å². The molecule has 0 aliphatic heterocycles. The summed E-state index contributed by atoms with van der Waals surface area (Å²) in [6.07, 6.45) is -8.51. The minimum atomic E-state index is -5.27. The molecule has 1 aliphatic rings. The second-order valence-electron chi connectivity index (χ2n) is 4.63. The van der Waals surface area contributed by atoms with Gasteiger partial charge in [-0.1, -0.05) is 0 Å². The first-order valence-electron chi connectivity index (χ1n) is 5.71. The molecular formula is C10H16F6N2. The Hall–Kier alpha value is -0.500. The van der Waals surface area contributed by atoms with Gasteiger partial charge in [-0.25, -0.2) is 0 Å². The molecule has 108 valence electrons. The summed E-state index contributed by atoms with van der Waals surface area (Å²) in [6.45, 7) is 0.785. The molecule has 1 fully saturated rings. The Morgan fingerprint density at radius 2 is 1.50 bits per heavy atom. The van der Waals surface area contributed by atoms with Crippen LogP contribution in [0.15, 0.2) is 0 Å². The van der Waals surface area contributed by atoms with E-state index in [1.165, 1.54) is 0 Å². The summed E-state index contributed by atoms with van der Waals surface area (Å²) in [5, 5.41) is 5.31. The van der Waals surface area contributed by atoms with Crippen LogP contribution in [0, 0.1) is 5.92 Å². The number of hydrogen-bond acceptors (Lipinski definition) is 2. The predicted molar refractivity (Wildman–Crippen MR) is 54.1 cm³/mol. The van der Waals surface area contributed by atoms with E-state index < -0.39 is 30.9 Å². The molecule has 0 bridgehead atoms. The molecule has 0 saturated heterocycles. The largest absolute Gasteiger partial charge is 0.401 e. The van der Waals surface area contributed by atoms with Gasteiger partial charge in [-0.05, 0) is 19.8 Å². The Morgan fingerprint density at radius 3 is 1.89 bits per heavy atom. The highest BCUT2D eigenvalue weighted by Gasteiger charge is 2.56. The number of halogens is 6. The third-order valence-electron chi connectivity index (χ3n) is 2.75. The summed E-state index contributed by atoms with van der Waals surface area (Å²) in [7, 11) is 0.